The Morgan fingerprint density at radius 3 is 2.48 bits per heavy atom. The minimum Gasteiger partial charge on any atom is -0.494 e. The highest BCUT2D eigenvalue weighted by molar-refractivity contribution is 7.90. The molecule has 5 nitrogen and oxygen atoms in total. The van der Waals surface area contributed by atoms with Gasteiger partial charge in [0.2, 0.25) is 0 Å². The highest BCUT2D eigenvalue weighted by Gasteiger charge is 2.10. The number of ether oxygens (including phenoxy) is 1. The molecule has 2 rings (SSSR count). The number of rotatable bonds is 4. The summed E-state index contributed by atoms with van der Waals surface area (Å²) in [5, 5.41) is 2.99. The second-order valence-corrected chi connectivity index (χ2v) is 6.51. The standard InChI is InChI=1S/C14H15FN2O3S/c1-20-14-7-9(3-5-11(14)15)17-13-6-4-10(8-12(13)16)21(2,18)19/h3-8,17H,16H2,1-2H3. The number of anilines is 3. The van der Waals surface area contributed by atoms with Gasteiger partial charge in [0.15, 0.2) is 21.4 Å². The van der Waals surface area contributed by atoms with E-state index in [1.807, 2.05) is 0 Å². The molecule has 0 atom stereocenters. The molecule has 0 spiro atoms. The van der Waals surface area contributed by atoms with Crippen LogP contribution in [0.1, 0.15) is 0 Å². The minimum absolute atomic E-state index is 0.103. The summed E-state index contributed by atoms with van der Waals surface area (Å²) in [6.45, 7) is 0. The second kappa shape index (κ2) is 5.61. The lowest BCUT2D eigenvalue weighted by molar-refractivity contribution is 0.387. The van der Waals surface area contributed by atoms with Gasteiger partial charge in [-0.25, -0.2) is 12.8 Å². The molecule has 0 amide bonds. The monoisotopic (exact) mass is 310 g/mol. The van der Waals surface area contributed by atoms with Crippen LogP contribution in [0.25, 0.3) is 0 Å². The third-order valence-electron chi connectivity index (χ3n) is 2.88. The van der Waals surface area contributed by atoms with Crippen LogP contribution in [0.2, 0.25) is 0 Å². The molecule has 0 saturated heterocycles. The quantitative estimate of drug-likeness (QED) is 0.848. The number of nitrogen functional groups attached to an aromatic ring is 1. The molecule has 7 heteroatoms. The predicted octanol–water partition coefficient (Wildman–Crippen LogP) is 2.56. The first kappa shape index (κ1) is 15.1. The van der Waals surface area contributed by atoms with Crippen molar-refractivity contribution in [2.75, 3.05) is 24.4 Å². The van der Waals surface area contributed by atoms with Gasteiger partial charge in [0.1, 0.15) is 0 Å². The van der Waals surface area contributed by atoms with Gasteiger partial charge >= 0.3 is 0 Å². The van der Waals surface area contributed by atoms with Crippen molar-refractivity contribution >= 4 is 26.9 Å². The first-order valence-corrected chi connectivity index (χ1v) is 7.90. The smallest absolute Gasteiger partial charge is 0.175 e. The molecule has 0 aliphatic carbocycles. The van der Waals surface area contributed by atoms with Crippen LogP contribution in [-0.4, -0.2) is 21.8 Å². The van der Waals surface area contributed by atoms with Crippen molar-refractivity contribution in [3.63, 3.8) is 0 Å². The summed E-state index contributed by atoms with van der Waals surface area (Å²) in [6, 6.07) is 8.66. The van der Waals surface area contributed by atoms with E-state index in [0.717, 1.165) is 6.26 Å². The van der Waals surface area contributed by atoms with Crippen LogP contribution < -0.4 is 15.8 Å². The number of methoxy groups -OCH3 is 1. The molecule has 0 saturated carbocycles. The minimum atomic E-state index is -3.31. The van der Waals surface area contributed by atoms with Gasteiger partial charge in [0.25, 0.3) is 0 Å². The molecule has 0 radical (unpaired) electrons. The van der Waals surface area contributed by atoms with Gasteiger partial charge in [-0.05, 0) is 30.3 Å². The SMILES string of the molecule is COc1cc(Nc2ccc(S(C)(=O)=O)cc2N)ccc1F. The van der Waals surface area contributed by atoms with Crippen LogP contribution >= 0.6 is 0 Å². The molecule has 0 aliphatic rings. The number of hydrogen-bond acceptors (Lipinski definition) is 5. The van der Waals surface area contributed by atoms with E-state index in [4.69, 9.17) is 10.5 Å². The fourth-order valence-electron chi connectivity index (χ4n) is 1.78. The summed E-state index contributed by atoms with van der Waals surface area (Å²) in [6.07, 6.45) is 1.11. The summed E-state index contributed by atoms with van der Waals surface area (Å²) in [4.78, 5) is 0.141. The lowest BCUT2D eigenvalue weighted by Gasteiger charge is -2.12. The molecule has 0 heterocycles. The van der Waals surface area contributed by atoms with Crippen LogP contribution in [0.5, 0.6) is 5.75 Å². The van der Waals surface area contributed by atoms with E-state index in [-0.39, 0.29) is 16.3 Å². The fraction of sp³-hybridized carbons (Fsp3) is 0.143. The van der Waals surface area contributed by atoms with Crippen LogP contribution in [0.15, 0.2) is 41.3 Å². The Bertz CT molecular complexity index is 776. The molecule has 0 fully saturated rings. The molecule has 2 aromatic rings. The molecule has 0 aliphatic heterocycles. The van der Waals surface area contributed by atoms with Gasteiger partial charge in [-0.15, -0.1) is 0 Å². The topological polar surface area (TPSA) is 81.4 Å². The molecule has 2 aromatic carbocycles. The summed E-state index contributed by atoms with van der Waals surface area (Å²) >= 11 is 0. The Balaban J connectivity index is 2.32. The summed E-state index contributed by atoms with van der Waals surface area (Å²) in [5.41, 5.74) is 7.21. The lowest BCUT2D eigenvalue weighted by Crippen LogP contribution is -2.01. The molecule has 112 valence electrons. The normalized spacial score (nSPS) is 11.2. The van der Waals surface area contributed by atoms with E-state index in [1.54, 1.807) is 6.07 Å². The Morgan fingerprint density at radius 1 is 1.19 bits per heavy atom. The second-order valence-electron chi connectivity index (χ2n) is 4.50. The number of benzene rings is 2. The van der Waals surface area contributed by atoms with Crippen molar-refractivity contribution in [1.82, 2.24) is 0 Å². The Kier molecular flexibility index (Phi) is 4.04. The van der Waals surface area contributed by atoms with Crippen molar-refractivity contribution in [2.24, 2.45) is 0 Å². The summed E-state index contributed by atoms with van der Waals surface area (Å²) in [5.74, 6) is -0.366. The van der Waals surface area contributed by atoms with Crippen molar-refractivity contribution in [1.29, 1.82) is 0 Å². The van der Waals surface area contributed by atoms with Gasteiger partial charge in [0.05, 0.1) is 23.4 Å². The molecule has 0 aromatic heterocycles. The van der Waals surface area contributed by atoms with E-state index in [1.165, 1.54) is 37.4 Å². The first-order valence-electron chi connectivity index (χ1n) is 6.01. The number of nitrogens with one attached hydrogen (secondary N) is 1. The van der Waals surface area contributed by atoms with Crippen molar-refractivity contribution in [3.05, 3.63) is 42.2 Å². The fourth-order valence-corrected chi connectivity index (χ4v) is 2.43. The van der Waals surface area contributed by atoms with E-state index >= 15 is 0 Å². The molecular formula is C14H15FN2O3S. The predicted molar refractivity (Wildman–Crippen MR) is 80.2 cm³/mol. The molecule has 0 unspecified atom stereocenters. The Hall–Kier alpha value is -2.28. The van der Waals surface area contributed by atoms with E-state index in [9.17, 15) is 12.8 Å². The number of halogens is 1. The zero-order valence-corrected chi connectivity index (χ0v) is 12.4. The summed E-state index contributed by atoms with van der Waals surface area (Å²) < 4.78 is 41.1. The van der Waals surface area contributed by atoms with Crippen LogP contribution in [-0.2, 0) is 9.84 Å². The van der Waals surface area contributed by atoms with Crippen molar-refractivity contribution < 1.29 is 17.5 Å². The van der Waals surface area contributed by atoms with Crippen molar-refractivity contribution in [2.45, 2.75) is 4.90 Å². The maximum Gasteiger partial charge on any atom is 0.175 e. The maximum atomic E-state index is 13.3. The van der Waals surface area contributed by atoms with Gasteiger partial charge in [-0.3, -0.25) is 0 Å². The average Bonchev–Trinajstić information content (AvgIpc) is 2.42. The lowest BCUT2D eigenvalue weighted by atomic mass is 10.2. The largest absolute Gasteiger partial charge is 0.494 e. The zero-order chi connectivity index (χ0) is 15.6. The first-order chi connectivity index (χ1) is 9.81. The van der Waals surface area contributed by atoms with Crippen LogP contribution in [0, 0.1) is 5.82 Å². The molecule has 21 heavy (non-hydrogen) atoms. The summed E-state index contributed by atoms with van der Waals surface area (Å²) in [7, 11) is -1.94. The van der Waals surface area contributed by atoms with Crippen LogP contribution in [0.3, 0.4) is 0 Å². The van der Waals surface area contributed by atoms with Crippen molar-refractivity contribution in [3.8, 4) is 5.75 Å². The van der Waals surface area contributed by atoms with E-state index in [2.05, 4.69) is 5.32 Å². The highest BCUT2D eigenvalue weighted by Crippen LogP contribution is 2.28. The Morgan fingerprint density at radius 2 is 1.90 bits per heavy atom. The average molecular weight is 310 g/mol. The van der Waals surface area contributed by atoms with Gasteiger partial charge in [0, 0.05) is 18.0 Å². The number of sulfone groups is 1. The third-order valence-corrected chi connectivity index (χ3v) is 3.99. The third kappa shape index (κ3) is 3.43. The van der Waals surface area contributed by atoms with E-state index < -0.39 is 15.7 Å². The van der Waals surface area contributed by atoms with Crippen LogP contribution in [0.4, 0.5) is 21.5 Å². The van der Waals surface area contributed by atoms with E-state index in [0.29, 0.717) is 11.4 Å². The van der Waals surface area contributed by atoms with Gasteiger partial charge < -0.3 is 15.8 Å². The number of nitrogens with two attached hydrogens (primary N) is 1. The molecular weight excluding hydrogens is 295 g/mol. The Labute approximate surface area is 122 Å². The molecule has 3 N–H and O–H groups in total. The zero-order valence-electron chi connectivity index (χ0n) is 11.6. The number of hydrogen-bond donors (Lipinski definition) is 2. The molecule has 0 bridgehead atoms. The highest BCUT2D eigenvalue weighted by atomic mass is 32.2. The maximum absolute atomic E-state index is 13.3. The van der Waals surface area contributed by atoms with Gasteiger partial charge in [-0.2, -0.15) is 0 Å². The van der Waals surface area contributed by atoms with Gasteiger partial charge in [-0.1, -0.05) is 0 Å².